The summed E-state index contributed by atoms with van der Waals surface area (Å²) in [6, 6.07) is 11.7. The second-order valence-electron chi connectivity index (χ2n) is 7.55. The van der Waals surface area contributed by atoms with Gasteiger partial charge in [0, 0.05) is 18.0 Å². The number of fused-ring (bicyclic) bond motifs is 2. The Kier molecular flexibility index (Phi) is 4.63. The fourth-order valence-electron chi connectivity index (χ4n) is 4.17. The van der Waals surface area contributed by atoms with Crippen molar-refractivity contribution in [2.75, 3.05) is 11.4 Å². The van der Waals surface area contributed by atoms with E-state index in [9.17, 15) is 24.0 Å². The molecule has 10 heteroatoms. The Morgan fingerprint density at radius 1 is 0.969 bits per heavy atom. The van der Waals surface area contributed by atoms with Crippen LogP contribution in [0.2, 0.25) is 5.02 Å². The molecule has 0 saturated carbocycles. The minimum atomic E-state index is -1.07. The molecule has 2 aromatic rings. The lowest BCUT2D eigenvalue weighted by Crippen LogP contribution is -2.36. The number of benzene rings is 2. The monoisotopic (exact) mass is 450 g/mol. The molecule has 1 fully saturated rings. The molecule has 0 bridgehead atoms. The van der Waals surface area contributed by atoms with Crippen LogP contribution in [-0.2, 0) is 14.4 Å². The van der Waals surface area contributed by atoms with Gasteiger partial charge in [0.2, 0.25) is 5.91 Å². The summed E-state index contributed by atoms with van der Waals surface area (Å²) in [6.07, 6.45) is -0.214. The van der Waals surface area contributed by atoms with E-state index >= 15 is 0 Å². The standard InChI is InChI=1S/C22H15ClN4O5/c23-11-4-3-5-12(10-11)27-21(31)16-17(24-25-18(16)22(27)32)15(28)8-9-26-19(29)13-6-1-2-7-14(13)20(26)30/h1-7,10,16,18,25H,8-9H2/t16-,18-/m0/s1. The van der Waals surface area contributed by atoms with Crippen molar-refractivity contribution < 1.29 is 24.0 Å². The summed E-state index contributed by atoms with van der Waals surface area (Å²) in [6.45, 7) is -0.151. The lowest BCUT2D eigenvalue weighted by Gasteiger charge is -2.16. The summed E-state index contributed by atoms with van der Waals surface area (Å²) in [7, 11) is 0. The highest BCUT2D eigenvalue weighted by Crippen LogP contribution is 2.32. The molecule has 0 unspecified atom stereocenters. The summed E-state index contributed by atoms with van der Waals surface area (Å²) < 4.78 is 0. The smallest absolute Gasteiger partial charge is 0.261 e. The number of hydrazone groups is 1. The van der Waals surface area contributed by atoms with Crippen molar-refractivity contribution in [2.24, 2.45) is 11.0 Å². The van der Waals surface area contributed by atoms with E-state index in [1.165, 1.54) is 6.07 Å². The van der Waals surface area contributed by atoms with Crippen molar-refractivity contribution >= 4 is 52.4 Å². The SMILES string of the molecule is O=C(CCN1C(=O)c2ccccc2C1=O)C1=NN[C@@H]2C(=O)N(c3cccc(Cl)c3)C(=O)[C@@H]12. The molecule has 4 amide bonds. The third-order valence-corrected chi connectivity index (χ3v) is 5.95. The fourth-order valence-corrected chi connectivity index (χ4v) is 4.36. The van der Waals surface area contributed by atoms with Crippen LogP contribution in [0.1, 0.15) is 27.1 Å². The van der Waals surface area contributed by atoms with Crippen LogP contribution in [0, 0.1) is 5.92 Å². The molecule has 2 atom stereocenters. The zero-order valence-corrected chi connectivity index (χ0v) is 17.2. The summed E-state index contributed by atoms with van der Waals surface area (Å²) in [5, 5.41) is 4.28. The van der Waals surface area contributed by atoms with Crippen molar-refractivity contribution in [3.05, 3.63) is 64.7 Å². The molecule has 0 spiro atoms. The number of amides is 4. The van der Waals surface area contributed by atoms with Gasteiger partial charge >= 0.3 is 0 Å². The van der Waals surface area contributed by atoms with E-state index in [4.69, 9.17) is 11.6 Å². The first-order valence-corrected chi connectivity index (χ1v) is 10.2. The summed E-state index contributed by atoms with van der Waals surface area (Å²) >= 11 is 5.98. The molecule has 160 valence electrons. The van der Waals surface area contributed by atoms with E-state index in [0.29, 0.717) is 21.8 Å². The van der Waals surface area contributed by atoms with Gasteiger partial charge in [0.15, 0.2) is 5.78 Å². The predicted molar refractivity (Wildman–Crippen MR) is 113 cm³/mol. The summed E-state index contributed by atoms with van der Waals surface area (Å²) in [5.41, 5.74) is 3.38. The van der Waals surface area contributed by atoms with Gasteiger partial charge in [0.1, 0.15) is 17.7 Å². The maximum atomic E-state index is 13.0. The maximum absolute atomic E-state index is 13.0. The highest BCUT2D eigenvalue weighted by atomic mass is 35.5. The third-order valence-electron chi connectivity index (χ3n) is 5.72. The Labute approximate surface area is 186 Å². The van der Waals surface area contributed by atoms with Gasteiger partial charge in [0.05, 0.1) is 16.8 Å². The van der Waals surface area contributed by atoms with Crippen LogP contribution in [0.25, 0.3) is 0 Å². The molecule has 3 aliphatic heterocycles. The third kappa shape index (κ3) is 2.93. The second kappa shape index (κ2) is 7.38. The van der Waals surface area contributed by atoms with Crippen LogP contribution in [0.15, 0.2) is 53.6 Å². The number of hydrogen-bond donors (Lipinski definition) is 1. The van der Waals surface area contributed by atoms with Gasteiger partial charge < -0.3 is 0 Å². The van der Waals surface area contributed by atoms with E-state index in [1.807, 2.05) is 0 Å². The quantitative estimate of drug-likeness (QED) is 0.688. The van der Waals surface area contributed by atoms with Crippen LogP contribution >= 0.6 is 11.6 Å². The normalized spacial score (nSPS) is 21.6. The number of nitrogens with zero attached hydrogens (tertiary/aromatic N) is 3. The van der Waals surface area contributed by atoms with Gasteiger partial charge in [-0.2, -0.15) is 5.10 Å². The number of halogens is 1. The number of anilines is 1. The van der Waals surface area contributed by atoms with E-state index in [0.717, 1.165) is 9.80 Å². The Morgan fingerprint density at radius 3 is 2.31 bits per heavy atom. The van der Waals surface area contributed by atoms with E-state index in [-0.39, 0.29) is 18.7 Å². The van der Waals surface area contributed by atoms with Crippen LogP contribution in [0.5, 0.6) is 0 Å². The Bertz CT molecular complexity index is 1220. The average molecular weight is 451 g/mol. The largest absolute Gasteiger partial charge is 0.296 e. The number of imide groups is 2. The van der Waals surface area contributed by atoms with Crippen molar-refractivity contribution in [1.29, 1.82) is 0 Å². The first-order valence-electron chi connectivity index (χ1n) is 9.83. The molecule has 9 nitrogen and oxygen atoms in total. The Hall–Kier alpha value is -3.85. The Morgan fingerprint density at radius 2 is 1.66 bits per heavy atom. The molecule has 0 aliphatic carbocycles. The first-order chi connectivity index (χ1) is 15.4. The molecule has 1 saturated heterocycles. The number of rotatable bonds is 5. The zero-order chi connectivity index (χ0) is 22.6. The molecule has 3 aliphatic rings. The van der Waals surface area contributed by atoms with Gasteiger partial charge in [-0.1, -0.05) is 29.8 Å². The molecular formula is C22H15ClN4O5. The summed E-state index contributed by atoms with van der Waals surface area (Å²) in [4.78, 5) is 65.6. The molecule has 2 aromatic carbocycles. The van der Waals surface area contributed by atoms with Crippen molar-refractivity contribution in [3.63, 3.8) is 0 Å². The van der Waals surface area contributed by atoms with Gasteiger partial charge in [-0.05, 0) is 30.3 Å². The molecule has 0 aromatic heterocycles. The van der Waals surface area contributed by atoms with E-state index in [1.54, 1.807) is 42.5 Å². The fraction of sp³-hybridized carbons (Fsp3) is 0.182. The lowest BCUT2D eigenvalue weighted by molar-refractivity contribution is -0.122. The molecular weight excluding hydrogens is 436 g/mol. The summed E-state index contributed by atoms with van der Waals surface area (Å²) in [5.74, 6) is -3.65. The molecule has 5 rings (SSSR count). The maximum Gasteiger partial charge on any atom is 0.261 e. The van der Waals surface area contributed by atoms with Gasteiger partial charge in [-0.25, -0.2) is 4.90 Å². The highest BCUT2D eigenvalue weighted by molar-refractivity contribution is 6.48. The van der Waals surface area contributed by atoms with Crippen LogP contribution < -0.4 is 10.3 Å². The number of carbonyl (C=O) groups excluding carboxylic acids is 5. The molecule has 32 heavy (non-hydrogen) atoms. The predicted octanol–water partition coefficient (Wildman–Crippen LogP) is 1.41. The highest BCUT2D eigenvalue weighted by Gasteiger charge is 2.55. The number of nitrogens with one attached hydrogen (secondary N) is 1. The zero-order valence-electron chi connectivity index (χ0n) is 16.4. The van der Waals surface area contributed by atoms with Gasteiger partial charge in [-0.3, -0.25) is 34.3 Å². The van der Waals surface area contributed by atoms with Crippen molar-refractivity contribution in [1.82, 2.24) is 10.3 Å². The lowest BCUT2D eigenvalue weighted by atomic mass is 9.94. The number of hydrogen-bond acceptors (Lipinski definition) is 7. The minimum absolute atomic E-state index is 0.0884. The van der Waals surface area contributed by atoms with Crippen molar-refractivity contribution in [3.8, 4) is 0 Å². The molecule has 0 radical (unpaired) electrons. The number of Topliss-reactive ketones (excluding diaryl/α,β-unsaturated/α-hetero) is 1. The van der Waals surface area contributed by atoms with Crippen LogP contribution in [-0.4, -0.2) is 52.6 Å². The average Bonchev–Trinajstić information content (AvgIpc) is 3.40. The van der Waals surface area contributed by atoms with Crippen molar-refractivity contribution in [2.45, 2.75) is 12.5 Å². The first kappa shape index (κ1) is 20.1. The topological polar surface area (TPSA) is 116 Å². The van der Waals surface area contributed by atoms with Gasteiger partial charge in [0.25, 0.3) is 17.7 Å². The number of carbonyl (C=O) groups is 5. The second-order valence-corrected chi connectivity index (χ2v) is 7.99. The number of ketones is 1. The van der Waals surface area contributed by atoms with Crippen LogP contribution in [0.4, 0.5) is 5.69 Å². The molecule has 3 heterocycles. The van der Waals surface area contributed by atoms with Gasteiger partial charge in [-0.15, -0.1) is 0 Å². The van der Waals surface area contributed by atoms with E-state index in [2.05, 4.69) is 10.5 Å². The minimum Gasteiger partial charge on any atom is -0.296 e. The Balaban J connectivity index is 1.31. The van der Waals surface area contributed by atoms with Crippen LogP contribution in [0.3, 0.4) is 0 Å². The molecule has 1 N–H and O–H groups in total. The van der Waals surface area contributed by atoms with E-state index < -0.39 is 41.4 Å².